The molecule has 0 aliphatic carbocycles. The van der Waals surface area contributed by atoms with Gasteiger partial charge in [0.15, 0.2) is 0 Å². The molecule has 0 saturated carbocycles. The number of hydrogen-bond acceptors (Lipinski definition) is 5. The van der Waals surface area contributed by atoms with E-state index in [1.165, 1.54) is 10.4 Å². The summed E-state index contributed by atoms with van der Waals surface area (Å²) < 4.78 is 29.5. The average Bonchev–Trinajstić information content (AvgIpc) is 3.47. The highest BCUT2D eigenvalue weighted by Crippen LogP contribution is 2.32. The fourth-order valence-corrected chi connectivity index (χ4v) is 7.00. The van der Waals surface area contributed by atoms with Gasteiger partial charge in [0.2, 0.25) is 5.91 Å². The molecule has 1 amide bonds. The summed E-state index contributed by atoms with van der Waals surface area (Å²) >= 11 is 12.8. The molecule has 1 N–H and O–H groups in total. The molecule has 0 radical (unpaired) electrons. The minimum absolute atomic E-state index is 0.148. The molecular formula is C20H20Cl2N4O3S2. The summed E-state index contributed by atoms with van der Waals surface area (Å²) in [7, 11) is -3.76. The molecule has 0 spiro atoms. The van der Waals surface area contributed by atoms with Crippen LogP contribution in [-0.4, -0.2) is 41.0 Å². The summed E-state index contributed by atoms with van der Waals surface area (Å²) in [6, 6.07) is 11.5. The molecule has 2 aromatic heterocycles. The van der Waals surface area contributed by atoms with Crippen LogP contribution in [0.3, 0.4) is 0 Å². The van der Waals surface area contributed by atoms with E-state index in [9.17, 15) is 13.2 Å². The van der Waals surface area contributed by atoms with Gasteiger partial charge in [-0.2, -0.15) is 9.40 Å². The number of aryl methyl sites for hydroxylation is 1. The number of nitrogens with zero attached hydrogens (tertiary/aromatic N) is 3. The molecule has 4 rings (SSSR count). The average molecular weight is 499 g/mol. The van der Waals surface area contributed by atoms with Gasteiger partial charge >= 0.3 is 0 Å². The zero-order valence-corrected chi connectivity index (χ0v) is 19.7. The Morgan fingerprint density at radius 1 is 1.23 bits per heavy atom. The molecule has 31 heavy (non-hydrogen) atoms. The van der Waals surface area contributed by atoms with Gasteiger partial charge in [-0.3, -0.25) is 4.79 Å². The van der Waals surface area contributed by atoms with Crippen molar-refractivity contribution in [1.82, 2.24) is 19.4 Å². The highest BCUT2D eigenvalue weighted by Gasteiger charge is 2.40. The number of amides is 1. The predicted octanol–water partition coefficient (Wildman–Crippen LogP) is 4.02. The molecule has 1 aliphatic rings. The minimum atomic E-state index is -3.76. The Morgan fingerprint density at radius 2 is 1.97 bits per heavy atom. The van der Waals surface area contributed by atoms with Crippen LogP contribution in [0.5, 0.6) is 0 Å². The van der Waals surface area contributed by atoms with E-state index in [1.807, 2.05) is 25.1 Å². The molecule has 7 nitrogen and oxygen atoms in total. The van der Waals surface area contributed by atoms with E-state index in [-0.39, 0.29) is 16.7 Å². The van der Waals surface area contributed by atoms with Crippen LogP contribution in [0, 0.1) is 6.92 Å². The number of halogens is 2. The monoisotopic (exact) mass is 498 g/mol. The minimum Gasteiger partial charge on any atom is -0.349 e. The van der Waals surface area contributed by atoms with Crippen LogP contribution in [0.4, 0.5) is 0 Å². The first kappa shape index (κ1) is 22.3. The van der Waals surface area contributed by atoms with Crippen molar-refractivity contribution < 1.29 is 13.2 Å². The number of benzene rings is 1. The maximum atomic E-state index is 12.9. The molecule has 3 heterocycles. The van der Waals surface area contributed by atoms with E-state index in [0.717, 1.165) is 22.7 Å². The lowest BCUT2D eigenvalue weighted by Gasteiger charge is -2.22. The Hall–Kier alpha value is -1.91. The molecule has 1 aromatic carbocycles. The number of nitrogens with one attached hydrogen (secondary N) is 1. The summed E-state index contributed by atoms with van der Waals surface area (Å²) in [5.41, 5.74) is 2.45. The van der Waals surface area contributed by atoms with Gasteiger partial charge in [-0.25, -0.2) is 13.1 Å². The number of carbonyl (C=O) groups is 1. The van der Waals surface area contributed by atoms with Gasteiger partial charge in [0.1, 0.15) is 10.3 Å². The largest absolute Gasteiger partial charge is 0.349 e. The first-order valence-corrected chi connectivity index (χ1v) is 12.6. The van der Waals surface area contributed by atoms with Crippen LogP contribution in [0.25, 0.3) is 5.69 Å². The molecule has 164 valence electrons. The van der Waals surface area contributed by atoms with E-state index < -0.39 is 16.1 Å². The van der Waals surface area contributed by atoms with Crippen LogP contribution < -0.4 is 5.32 Å². The van der Waals surface area contributed by atoms with Crippen molar-refractivity contribution in [3.8, 4) is 5.69 Å². The van der Waals surface area contributed by atoms with Gasteiger partial charge in [0.05, 0.1) is 22.3 Å². The molecule has 1 fully saturated rings. The van der Waals surface area contributed by atoms with Crippen LogP contribution >= 0.6 is 34.5 Å². The number of thiophene rings is 1. The normalized spacial score (nSPS) is 17.2. The van der Waals surface area contributed by atoms with Gasteiger partial charge in [-0.15, -0.1) is 11.3 Å². The maximum absolute atomic E-state index is 12.9. The number of sulfonamides is 1. The number of rotatable bonds is 6. The van der Waals surface area contributed by atoms with Gasteiger partial charge < -0.3 is 5.32 Å². The van der Waals surface area contributed by atoms with Gasteiger partial charge in [0, 0.05) is 17.3 Å². The second-order valence-electron chi connectivity index (χ2n) is 7.22. The zero-order valence-electron chi connectivity index (χ0n) is 16.6. The molecule has 3 aromatic rings. The summed E-state index contributed by atoms with van der Waals surface area (Å²) in [5, 5.41) is 8.02. The third-order valence-electron chi connectivity index (χ3n) is 5.07. The quantitative estimate of drug-likeness (QED) is 0.556. The number of carbonyl (C=O) groups excluding carboxylic acids is 1. The predicted molar refractivity (Wildman–Crippen MR) is 121 cm³/mol. The van der Waals surface area contributed by atoms with Crippen molar-refractivity contribution in [3.63, 3.8) is 0 Å². The van der Waals surface area contributed by atoms with Crippen LogP contribution in [-0.2, 0) is 21.4 Å². The second kappa shape index (κ2) is 8.91. The fraction of sp³-hybridized carbons (Fsp3) is 0.300. The summed E-state index contributed by atoms with van der Waals surface area (Å²) in [4.78, 5) is 12.8. The topological polar surface area (TPSA) is 84.3 Å². The summed E-state index contributed by atoms with van der Waals surface area (Å²) in [6.45, 7) is 2.43. The smallest absolute Gasteiger partial charge is 0.253 e. The Morgan fingerprint density at radius 3 is 2.65 bits per heavy atom. The zero-order chi connectivity index (χ0) is 22.2. The lowest BCUT2D eigenvalue weighted by molar-refractivity contribution is -0.124. The molecule has 0 bridgehead atoms. The van der Waals surface area contributed by atoms with E-state index in [4.69, 9.17) is 23.2 Å². The van der Waals surface area contributed by atoms with Crippen LogP contribution in [0.15, 0.2) is 46.7 Å². The van der Waals surface area contributed by atoms with Crippen molar-refractivity contribution in [2.45, 2.75) is 36.6 Å². The summed E-state index contributed by atoms with van der Waals surface area (Å²) in [5.74, 6) is -0.331. The Labute approximate surface area is 194 Å². The number of hydrogen-bond donors (Lipinski definition) is 1. The van der Waals surface area contributed by atoms with Crippen molar-refractivity contribution >= 4 is 50.5 Å². The van der Waals surface area contributed by atoms with Crippen molar-refractivity contribution in [2.24, 2.45) is 0 Å². The lowest BCUT2D eigenvalue weighted by atomic mass is 10.2. The van der Waals surface area contributed by atoms with Gasteiger partial charge in [-0.05, 0) is 62.2 Å². The van der Waals surface area contributed by atoms with E-state index in [1.54, 1.807) is 22.9 Å². The molecule has 11 heteroatoms. The van der Waals surface area contributed by atoms with Crippen LogP contribution in [0.2, 0.25) is 9.36 Å². The fourth-order valence-electron chi connectivity index (χ4n) is 3.61. The first-order chi connectivity index (χ1) is 14.8. The standard InChI is InChI=1S/C20H20Cl2N4O3S2/c1-13-11-15(24-26(13)16-6-4-14(21)5-7-16)12-23-20(27)17-3-2-10-25(17)31(28,29)19-9-8-18(22)30-19/h4-9,11,17H,2-3,10,12H2,1H3,(H,23,27)/t17-/m0/s1. The Kier molecular flexibility index (Phi) is 6.41. The molecule has 1 atom stereocenters. The van der Waals surface area contributed by atoms with Crippen LogP contribution in [0.1, 0.15) is 24.2 Å². The number of aromatic nitrogens is 2. The van der Waals surface area contributed by atoms with E-state index in [0.29, 0.717) is 34.4 Å². The molecule has 1 aliphatic heterocycles. The third-order valence-corrected chi connectivity index (χ3v) is 8.93. The lowest BCUT2D eigenvalue weighted by Crippen LogP contribution is -2.45. The van der Waals surface area contributed by atoms with Gasteiger partial charge in [-0.1, -0.05) is 23.2 Å². The van der Waals surface area contributed by atoms with Crippen molar-refractivity contribution in [2.75, 3.05) is 6.54 Å². The van der Waals surface area contributed by atoms with E-state index >= 15 is 0 Å². The first-order valence-electron chi connectivity index (χ1n) is 9.62. The molecular weight excluding hydrogens is 479 g/mol. The molecule has 1 saturated heterocycles. The van der Waals surface area contributed by atoms with E-state index in [2.05, 4.69) is 10.4 Å². The highest BCUT2D eigenvalue weighted by atomic mass is 35.5. The SMILES string of the molecule is Cc1cc(CNC(=O)[C@@H]2CCCN2S(=O)(=O)c2ccc(Cl)s2)nn1-c1ccc(Cl)cc1. The third kappa shape index (κ3) is 4.65. The highest BCUT2D eigenvalue weighted by molar-refractivity contribution is 7.91. The van der Waals surface area contributed by atoms with Crippen molar-refractivity contribution in [3.05, 3.63) is 63.2 Å². The second-order valence-corrected chi connectivity index (χ2v) is 11.5. The Bertz CT molecular complexity index is 1210. The van der Waals surface area contributed by atoms with Crippen molar-refractivity contribution in [1.29, 1.82) is 0 Å². The Balaban J connectivity index is 1.45. The summed E-state index contributed by atoms with van der Waals surface area (Å²) in [6.07, 6.45) is 1.10. The van der Waals surface area contributed by atoms with Gasteiger partial charge in [0.25, 0.3) is 10.0 Å². The molecule has 0 unspecified atom stereocenters. The maximum Gasteiger partial charge on any atom is 0.253 e.